The van der Waals surface area contributed by atoms with E-state index in [1.54, 1.807) is 12.1 Å². The molecule has 0 fully saturated rings. The lowest BCUT2D eigenvalue weighted by Crippen LogP contribution is -1.94. The second kappa shape index (κ2) is 6.69. The van der Waals surface area contributed by atoms with E-state index in [1.807, 2.05) is 30.3 Å². The van der Waals surface area contributed by atoms with Gasteiger partial charge in [0.05, 0.1) is 15.2 Å². The fourth-order valence-electron chi connectivity index (χ4n) is 1.65. The second-order valence-electron chi connectivity index (χ2n) is 3.65. The van der Waals surface area contributed by atoms with E-state index in [0.717, 1.165) is 11.1 Å². The minimum absolute atomic E-state index is 0.0981. The number of hydrogen-bond donors (Lipinski definition) is 0. The molecule has 0 aliphatic heterocycles. The summed E-state index contributed by atoms with van der Waals surface area (Å²) >= 11 is 17.0. The number of hydrogen-bond acceptors (Lipinski definition) is 3. The van der Waals surface area contributed by atoms with E-state index in [4.69, 9.17) is 27.9 Å². The molecule has 5 heteroatoms. The molecule has 0 aliphatic rings. The van der Waals surface area contributed by atoms with E-state index in [2.05, 4.69) is 22.4 Å². The van der Waals surface area contributed by atoms with Crippen LogP contribution in [0.25, 0.3) is 11.1 Å². The molecule has 0 atom stereocenters. The van der Waals surface area contributed by atoms with Gasteiger partial charge >= 0.3 is 0 Å². The van der Waals surface area contributed by atoms with Crippen LogP contribution in [0.15, 0.2) is 47.5 Å². The lowest BCUT2D eigenvalue weighted by Gasteiger charge is -2.10. The van der Waals surface area contributed by atoms with Crippen molar-refractivity contribution >= 4 is 40.6 Å². The summed E-state index contributed by atoms with van der Waals surface area (Å²) in [5.74, 6) is 0.545. The number of isothiocyanates is 1. The van der Waals surface area contributed by atoms with Crippen molar-refractivity contribution in [2.75, 3.05) is 6.73 Å². The molecule has 0 N–H and O–H groups in total. The molecular weight excluding hydrogens is 301 g/mol. The van der Waals surface area contributed by atoms with Crippen molar-refractivity contribution in [1.29, 1.82) is 0 Å². The van der Waals surface area contributed by atoms with Crippen LogP contribution in [-0.2, 0) is 0 Å². The van der Waals surface area contributed by atoms with Crippen LogP contribution in [-0.4, -0.2) is 11.9 Å². The number of ether oxygens (including phenoxy) is 1. The Bertz CT molecular complexity index is 602. The monoisotopic (exact) mass is 309 g/mol. The summed E-state index contributed by atoms with van der Waals surface area (Å²) < 4.78 is 5.33. The van der Waals surface area contributed by atoms with Crippen LogP contribution in [0.3, 0.4) is 0 Å². The van der Waals surface area contributed by atoms with Crippen molar-refractivity contribution in [2.24, 2.45) is 4.99 Å². The highest BCUT2D eigenvalue weighted by Gasteiger charge is 2.10. The minimum atomic E-state index is 0.0981. The highest BCUT2D eigenvalue weighted by atomic mass is 35.5. The van der Waals surface area contributed by atoms with Crippen molar-refractivity contribution in [3.05, 3.63) is 52.5 Å². The number of rotatable bonds is 4. The zero-order valence-corrected chi connectivity index (χ0v) is 12.1. The van der Waals surface area contributed by atoms with Gasteiger partial charge < -0.3 is 4.74 Å². The maximum atomic E-state index is 6.25. The Kier molecular flexibility index (Phi) is 4.94. The van der Waals surface area contributed by atoms with Crippen LogP contribution >= 0.6 is 35.4 Å². The summed E-state index contributed by atoms with van der Waals surface area (Å²) in [5, 5.41) is 3.28. The van der Waals surface area contributed by atoms with Crippen LogP contribution in [0.4, 0.5) is 0 Å². The zero-order valence-electron chi connectivity index (χ0n) is 9.77. The molecule has 0 heterocycles. The highest BCUT2D eigenvalue weighted by Crippen LogP contribution is 2.37. The molecule has 2 nitrogen and oxygen atoms in total. The predicted octanol–water partition coefficient (Wildman–Crippen LogP) is 5.10. The van der Waals surface area contributed by atoms with Crippen molar-refractivity contribution in [3.8, 4) is 16.9 Å². The Labute approximate surface area is 126 Å². The normalized spacial score (nSPS) is 9.79. The molecule has 0 unspecified atom stereocenters. The molecule has 0 spiro atoms. The largest absolute Gasteiger partial charge is 0.470 e. The third-order valence-corrected chi connectivity index (χ3v) is 3.16. The lowest BCUT2D eigenvalue weighted by atomic mass is 10.1. The summed E-state index contributed by atoms with van der Waals surface area (Å²) in [5.41, 5.74) is 1.75. The van der Waals surface area contributed by atoms with E-state index < -0.39 is 0 Å². The maximum absolute atomic E-state index is 6.25. The molecular formula is C14H9Cl2NOS. The topological polar surface area (TPSA) is 21.6 Å². The van der Waals surface area contributed by atoms with E-state index in [9.17, 15) is 0 Å². The number of benzene rings is 2. The first-order valence-corrected chi connectivity index (χ1v) is 6.59. The Morgan fingerprint density at radius 3 is 2.32 bits per heavy atom. The SMILES string of the molecule is S=C=NCOc1cc(Cl)c(-c2ccccc2)c(Cl)c1. The predicted molar refractivity (Wildman–Crippen MR) is 82.4 cm³/mol. The first-order chi connectivity index (χ1) is 9.22. The fourth-order valence-corrected chi connectivity index (χ4v) is 2.38. The van der Waals surface area contributed by atoms with E-state index in [-0.39, 0.29) is 6.73 Å². The van der Waals surface area contributed by atoms with Gasteiger partial charge in [0, 0.05) is 5.56 Å². The molecule has 2 aromatic carbocycles. The van der Waals surface area contributed by atoms with Crippen LogP contribution in [0.1, 0.15) is 0 Å². The van der Waals surface area contributed by atoms with Crippen LogP contribution in [0.2, 0.25) is 10.0 Å². The number of halogens is 2. The molecule has 0 bridgehead atoms. The number of aliphatic imine (C=N–C) groups is 1. The molecule has 0 aliphatic carbocycles. The number of thiocarbonyl (C=S) groups is 1. The smallest absolute Gasteiger partial charge is 0.188 e. The summed E-state index contributed by atoms with van der Waals surface area (Å²) in [4.78, 5) is 3.66. The van der Waals surface area contributed by atoms with Gasteiger partial charge in [0.15, 0.2) is 6.73 Å². The van der Waals surface area contributed by atoms with E-state index in [1.165, 1.54) is 0 Å². The highest BCUT2D eigenvalue weighted by molar-refractivity contribution is 7.78. The molecule has 19 heavy (non-hydrogen) atoms. The quantitative estimate of drug-likeness (QED) is 0.579. The number of nitrogens with zero attached hydrogens (tertiary/aromatic N) is 1. The maximum Gasteiger partial charge on any atom is 0.188 e. The second-order valence-corrected chi connectivity index (χ2v) is 4.65. The fraction of sp³-hybridized carbons (Fsp3) is 0.0714. The Hall–Kier alpha value is -1.38. The molecule has 96 valence electrons. The lowest BCUT2D eigenvalue weighted by molar-refractivity contribution is 0.332. The van der Waals surface area contributed by atoms with Crippen LogP contribution < -0.4 is 4.74 Å². The average molecular weight is 310 g/mol. The standard InChI is InChI=1S/C14H9Cl2NOS/c15-12-6-11(18-8-17-9-19)7-13(16)14(12)10-4-2-1-3-5-10/h1-7H,8H2. The Morgan fingerprint density at radius 2 is 1.74 bits per heavy atom. The van der Waals surface area contributed by atoms with Crippen LogP contribution in [0.5, 0.6) is 5.75 Å². The zero-order chi connectivity index (χ0) is 13.7. The molecule has 0 radical (unpaired) electrons. The van der Waals surface area contributed by atoms with Crippen molar-refractivity contribution in [3.63, 3.8) is 0 Å². The van der Waals surface area contributed by atoms with E-state index >= 15 is 0 Å². The van der Waals surface area contributed by atoms with Crippen molar-refractivity contribution < 1.29 is 4.74 Å². The molecule has 0 saturated heterocycles. The molecule has 0 aromatic heterocycles. The van der Waals surface area contributed by atoms with Gasteiger partial charge in [-0.3, -0.25) is 0 Å². The Morgan fingerprint density at radius 1 is 1.11 bits per heavy atom. The van der Waals surface area contributed by atoms with Gasteiger partial charge in [-0.25, -0.2) is 0 Å². The minimum Gasteiger partial charge on any atom is -0.470 e. The first-order valence-electron chi connectivity index (χ1n) is 5.43. The van der Waals surface area contributed by atoms with Gasteiger partial charge in [0.1, 0.15) is 5.75 Å². The Balaban J connectivity index is 2.35. The van der Waals surface area contributed by atoms with Gasteiger partial charge in [-0.15, -0.1) is 0 Å². The van der Waals surface area contributed by atoms with Gasteiger partial charge in [0.25, 0.3) is 0 Å². The average Bonchev–Trinajstić information content (AvgIpc) is 2.39. The van der Waals surface area contributed by atoms with Crippen molar-refractivity contribution in [2.45, 2.75) is 0 Å². The van der Waals surface area contributed by atoms with Gasteiger partial charge in [-0.05, 0) is 29.9 Å². The van der Waals surface area contributed by atoms with Crippen LogP contribution in [0, 0.1) is 0 Å². The van der Waals surface area contributed by atoms with Gasteiger partial charge in [-0.2, -0.15) is 4.99 Å². The summed E-state index contributed by atoms with van der Waals surface area (Å²) in [6.45, 7) is 0.0981. The van der Waals surface area contributed by atoms with Gasteiger partial charge in [0.2, 0.25) is 0 Å². The van der Waals surface area contributed by atoms with E-state index in [0.29, 0.717) is 15.8 Å². The first kappa shape index (κ1) is 14.0. The summed E-state index contributed by atoms with van der Waals surface area (Å²) in [6.07, 6.45) is 0. The summed E-state index contributed by atoms with van der Waals surface area (Å²) in [7, 11) is 0. The molecule has 0 saturated carbocycles. The summed E-state index contributed by atoms with van der Waals surface area (Å²) in [6, 6.07) is 13.1. The molecule has 2 aromatic rings. The third-order valence-electron chi connectivity index (χ3n) is 2.44. The van der Waals surface area contributed by atoms with Crippen molar-refractivity contribution in [1.82, 2.24) is 0 Å². The molecule has 0 amide bonds. The van der Waals surface area contributed by atoms with Gasteiger partial charge in [-0.1, -0.05) is 53.5 Å². The third kappa shape index (κ3) is 3.55. The molecule has 2 rings (SSSR count).